The van der Waals surface area contributed by atoms with Gasteiger partial charge in [0.15, 0.2) is 0 Å². The average Bonchev–Trinajstić information content (AvgIpc) is 2.85. The second-order valence-electron chi connectivity index (χ2n) is 5.27. The molecular weight excluding hydrogens is 230 g/mol. The normalized spacial score (nSPS) is 20.6. The van der Waals surface area contributed by atoms with E-state index in [1.807, 2.05) is 0 Å². The van der Waals surface area contributed by atoms with Gasteiger partial charge in [0.2, 0.25) is 0 Å². The lowest BCUT2D eigenvalue weighted by molar-refractivity contribution is 0.385. The van der Waals surface area contributed by atoms with Gasteiger partial charge in [-0.3, -0.25) is 4.21 Å². The zero-order valence-electron chi connectivity index (χ0n) is 11.5. The summed E-state index contributed by atoms with van der Waals surface area (Å²) in [4.78, 5) is 0. The van der Waals surface area contributed by atoms with E-state index in [-0.39, 0.29) is 0 Å². The average molecular weight is 259 g/mol. The lowest BCUT2D eigenvalue weighted by Gasteiger charge is -2.24. The Kier molecular flexibility index (Phi) is 8.12. The first-order chi connectivity index (χ1) is 8.27. The van der Waals surface area contributed by atoms with Crippen LogP contribution in [0.1, 0.15) is 58.8 Å². The van der Waals surface area contributed by atoms with Crippen molar-refractivity contribution in [1.82, 2.24) is 5.32 Å². The van der Waals surface area contributed by atoms with E-state index in [1.54, 1.807) is 0 Å². The van der Waals surface area contributed by atoms with Crippen LogP contribution in [0.4, 0.5) is 0 Å². The molecule has 2 unspecified atom stereocenters. The molecule has 0 amide bonds. The first-order valence-electron chi connectivity index (χ1n) is 7.36. The highest BCUT2D eigenvalue weighted by Gasteiger charge is 2.25. The van der Waals surface area contributed by atoms with E-state index >= 15 is 0 Å². The first-order valence-corrected chi connectivity index (χ1v) is 8.85. The number of hydrogen-bond acceptors (Lipinski definition) is 2. The lowest BCUT2D eigenvalue weighted by Crippen LogP contribution is -2.40. The highest BCUT2D eigenvalue weighted by Crippen LogP contribution is 2.28. The van der Waals surface area contributed by atoms with E-state index in [2.05, 4.69) is 19.2 Å². The second kappa shape index (κ2) is 9.09. The van der Waals surface area contributed by atoms with Crippen LogP contribution in [0.15, 0.2) is 0 Å². The Morgan fingerprint density at radius 2 is 1.94 bits per heavy atom. The third-order valence-electron chi connectivity index (χ3n) is 3.72. The first kappa shape index (κ1) is 15.2. The Bertz CT molecular complexity index is 214. The van der Waals surface area contributed by atoms with Gasteiger partial charge in [0.05, 0.1) is 0 Å². The van der Waals surface area contributed by atoms with E-state index in [1.165, 1.54) is 32.1 Å². The van der Waals surface area contributed by atoms with Crippen molar-refractivity contribution in [3.63, 3.8) is 0 Å². The van der Waals surface area contributed by atoms with Crippen molar-refractivity contribution in [2.24, 2.45) is 5.92 Å². The van der Waals surface area contributed by atoms with Gasteiger partial charge in [0, 0.05) is 28.3 Å². The van der Waals surface area contributed by atoms with Crippen LogP contribution in [0.3, 0.4) is 0 Å². The summed E-state index contributed by atoms with van der Waals surface area (Å²) in [6.07, 6.45) is 8.86. The SMILES string of the molecule is CCCCS(=O)CC(NCCC)C1CCCC1. The van der Waals surface area contributed by atoms with Crippen molar-refractivity contribution in [3.8, 4) is 0 Å². The maximum atomic E-state index is 12.0. The Morgan fingerprint density at radius 3 is 2.53 bits per heavy atom. The summed E-state index contributed by atoms with van der Waals surface area (Å²) in [5.74, 6) is 2.56. The quantitative estimate of drug-likeness (QED) is 0.689. The summed E-state index contributed by atoms with van der Waals surface area (Å²) < 4.78 is 12.0. The summed E-state index contributed by atoms with van der Waals surface area (Å²) >= 11 is 0. The predicted octanol–water partition coefficient (Wildman–Crippen LogP) is 3.09. The molecule has 0 saturated heterocycles. The maximum absolute atomic E-state index is 12.0. The molecule has 1 fully saturated rings. The minimum absolute atomic E-state index is 0.509. The van der Waals surface area contributed by atoms with Gasteiger partial charge in [0.1, 0.15) is 0 Å². The fourth-order valence-electron chi connectivity index (χ4n) is 2.64. The smallest absolute Gasteiger partial charge is 0.0391 e. The van der Waals surface area contributed by atoms with Crippen molar-refractivity contribution in [2.45, 2.75) is 64.8 Å². The van der Waals surface area contributed by atoms with Crippen LogP contribution in [0, 0.1) is 5.92 Å². The molecule has 0 aliphatic heterocycles. The molecule has 102 valence electrons. The van der Waals surface area contributed by atoms with Crippen LogP contribution in [0.2, 0.25) is 0 Å². The number of nitrogens with one attached hydrogen (secondary N) is 1. The Hall–Kier alpha value is 0.110. The van der Waals surface area contributed by atoms with E-state index in [4.69, 9.17) is 0 Å². The van der Waals surface area contributed by atoms with Crippen LogP contribution >= 0.6 is 0 Å². The zero-order chi connectivity index (χ0) is 12.5. The molecule has 1 saturated carbocycles. The Labute approximate surface area is 109 Å². The van der Waals surface area contributed by atoms with Crippen LogP contribution in [-0.2, 0) is 10.8 Å². The Balaban J connectivity index is 2.36. The van der Waals surface area contributed by atoms with Crippen LogP contribution in [0.5, 0.6) is 0 Å². The zero-order valence-corrected chi connectivity index (χ0v) is 12.4. The van der Waals surface area contributed by atoms with Crippen molar-refractivity contribution in [2.75, 3.05) is 18.1 Å². The summed E-state index contributed by atoms with van der Waals surface area (Å²) in [6, 6.07) is 0.509. The van der Waals surface area contributed by atoms with Gasteiger partial charge < -0.3 is 5.32 Å². The highest BCUT2D eigenvalue weighted by molar-refractivity contribution is 7.85. The molecule has 1 aliphatic rings. The van der Waals surface area contributed by atoms with E-state index in [0.717, 1.165) is 36.8 Å². The van der Waals surface area contributed by atoms with E-state index in [9.17, 15) is 4.21 Å². The minimum Gasteiger partial charge on any atom is -0.313 e. The maximum Gasteiger partial charge on any atom is 0.0391 e. The molecule has 0 radical (unpaired) electrons. The monoisotopic (exact) mass is 259 g/mol. The molecule has 0 aromatic heterocycles. The summed E-state index contributed by atoms with van der Waals surface area (Å²) in [6.45, 7) is 5.44. The van der Waals surface area contributed by atoms with Crippen LogP contribution in [0.25, 0.3) is 0 Å². The molecule has 0 aromatic rings. The third kappa shape index (κ3) is 6.01. The number of rotatable bonds is 9. The molecule has 0 spiro atoms. The van der Waals surface area contributed by atoms with Gasteiger partial charge in [-0.2, -0.15) is 0 Å². The molecule has 3 heteroatoms. The topological polar surface area (TPSA) is 29.1 Å². The van der Waals surface area contributed by atoms with Gasteiger partial charge in [-0.1, -0.05) is 33.1 Å². The molecule has 1 rings (SSSR count). The minimum atomic E-state index is -0.612. The molecule has 0 bridgehead atoms. The van der Waals surface area contributed by atoms with E-state index < -0.39 is 10.8 Å². The fraction of sp³-hybridized carbons (Fsp3) is 1.00. The third-order valence-corrected chi connectivity index (χ3v) is 5.19. The largest absolute Gasteiger partial charge is 0.313 e. The molecule has 0 aromatic carbocycles. The van der Waals surface area contributed by atoms with Crippen molar-refractivity contribution >= 4 is 10.8 Å². The van der Waals surface area contributed by atoms with Crippen molar-refractivity contribution in [1.29, 1.82) is 0 Å². The molecule has 2 atom stereocenters. The Morgan fingerprint density at radius 1 is 1.24 bits per heavy atom. The molecule has 1 aliphatic carbocycles. The summed E-state index contributed by atoms with van der Waals surface area (Å²) in [5, 5.41) is 3.63. The lowest BCUT2D eigenvalue weighted by atomic mass is 10.00. The molecule has 0 heterocycles. The molecular formula is C14H29NOS. The van der Waals surface area contributed by atoms with Crippen LogP contribution < -0.4 is 5.32 Å². The van der Waals surface area contributed by atoms with E-state index in [0.29, 0.717) is 6.04 Å². The van der Waals surface area contributed by atoms with Crippen molar-refractivity contribution in [3.05, 3.63) is 0 Å². The molecule has 1 N–H and O–H groups in total. The number of hydrogen-bond donors (Lipinski definition) is 1. The van der Waals surface area contributed by atoms with Gasteiger partial charge in [-0.15, -0.1) is 0 Å². The fourth-order valence-corrected chi connectivity index (χ4v) is 4.21. The van der Waals surface area contributed by atoms with Crippen LogP contribution in [-0.4, -0.2) is 28.3 Å². The standard InChI is InChI=1S/C14H29NOS/c1-3-5-11-17(16)12-14(15-10-4-2)13-8-6-7-9-13/h13-15H,3-12H2,1-2H3. The van der Waals surface area contributed by atoms with Gasteiger partial charge in [0.25, 0.3) is 0 Å². The van der Waals surface area contributed by atoms with Crippen molar-refractivity contribution < 1.29 is 4.21 Å². The molecule has 17 heavy (non-hydrogen) atoms. The number of unbranched alkanes of at least 4 members (excludes halogenated alkanes) is 1. The van der Waals surface area contributed by atoms with Gasteiger partial charge >= 0.3 is 0 Å². The second-order valence-corrected chi connectivity index (χ2v) is 6.89. The van der Waals surface area contributed by atoms with Gasteiger partial charge in [-0.05, 0) is 38.1 Å². The highest BCUT2D eigenvalue weighted by atomic mass is 32.2. The summed E-state index contributed by atoms with van der Waals surface area (Å²) in [5.41, 5.74) is 0. The predicted molar refractivity (Wildman–Crippen MR) is 76.8 cm³/mol. The summed E-state index contributed by atoms with van der Waals surface area (Å²) in [7, 11) is -0.612. The molecule has 2 nitrogen and oxygen atoms in total. The van der Waals surface area contributed by atoms with Gasteiger partial charge in [-0.25, -0.2) is 0 Å².